The van der Waals surface area contributed by atoms with Crippen LogP contribution >= 0.6 is 15.9 Å². The fraction of sp³-hybridized carbons (Fsp3) is 0.455. The molecular weight excluding hydrogens is 332 g/mol. The summed E-state index contributed by atoms with van der Waals surface area (Å²) in [5, 5.41) is 0. The summed E-state index contributed by atoms with van der Waals surface area (Å²) in [6, 6.07) is -0.0349. The fourth-order valence-corrected chi connectivity index (χ4v) is 4.54. The molecule has 0 N–H and O–H groups in total. The van der Waals surface area contributed by atoms with Crippen LogP contribution in [0.2, 0.25) is 0 Å². The van der Waals surface area contributed by atoms with E-state index in [1.54, 1.807) is 6.20 Å². The molecule has 102 valence electrons. The number of hydrogen-bond donors (Lipinski definition) is 0. The first-order valence-electron chi connectivity index (χ1n) is 5.89. The first-order chi connectivity index (χ1) is 8.96. The molecule has 19 heavy (non-hydrogen) atoms. The van der Waals surface area contributed by atoms with Crippen molar-refractivity contribution < 1.29 is 8.42 Å². The number of fused-ring (bicyclic) bond motifs is 1. The third kappa shape index (κ3) is 2.34. The Labute approximate surface area is 119 Å². The van der Waals surface area contributed by atoms with Gasteiger partial charge in [-0.15, -0.1) is 0 Å². The van der Waals surface area contributed by atoms with Crippen molar-refractivity contribution in [2.75, 3.05) is 23.5 Å². The number of hydrogen-bond acceptors (Lipinski definition) is 5. The fourth-order valence-electron chi connectivity index (χ4n) is 2.38. The minimum atomic E-state index is -2.91. The summed E-state index contributed by atoms with van der Waals surface area (Å²) in [5.74, 6) is 1.13. The molecule has 0 amide bonds. The van der Waals surface area contributed by atoms with Gasteiger partial charge in [0.1, 0.15) is 4.60 Å². The molecular formula is C11H13BrN4O2S. The van der Waals surface area contributed by atoms with Crippen LogP contribution in [0, 0.1) is 0 Å². The van der Waals surface area contributed by atoms with E-state index in [2.05, 4.69) is 25.9 Å². The monoisotopic (exact) mass is 344 g/mol. The van der Waals surface area contributed by atoms with Crippen molar-refractivity contribution >= 4 is 37.2 Å². The lowest BCUT2D eigenvalue weighted by Gasteiger charge is -2.24. The average Bonchev–Trinajstić information content (AvgIpc) is 2.93. The number of nitrogens with zero attached hydrogens (tertiary/aromatic N) is 4. The molecule has 0 aromatic carbocycles. The smallest absolute Gasteiger partial charge is 0.180 e. The molecule has 1 aliphatic rings. The van der Waals surface area contributed by atoms with Crippen molar-refractivity contribution in [3.05, 3.63) is 23.2 Å². The highest BCUT2D eigenvalue weighted by Crippen LogP contribution is 2.25. The minimum absolute atomic E-state index is 0.0349. The first-order valence-corrected chi connectivity index (χ1v) is 8.50. The Kier molecular flexibility index (Phi) is 3.01. The summed E-state index contributed by atoms with van der Waals surface area (Å²) >= 11 is 3.36. The van der Waals surface area contributed by atoms with E-state index < -0.39 is 9.84 Å². The Hall–Kier alpha value is -1.15. The molecule has 8 heteroatoms. The molecule has 3 heterocycles. The van der Waals surface area contributed by atoms with Crippen LogP contribution in [0.15, 0.2) is 23.2 Å². The van der Waals surface area contributed by atoms with Crippen molar-refractivity contribution in [1.29, 1.82) is 0 Å². The lowest BCUT2D eigenvalue weighted by molar-refractivity contribution is 0.600. The van der Waals surface area contributed by atoms with E-state index in [9.17, 15) is 8.42 Å². The second-order valence-corrected chi connectivity index (χ2v) is 7.75. The number of aromatic nitrogens is 3. The molecule has 1 unspecified atom stereocenters. The van der Waals surface area contributed by atoms with E-state index in [1.807, 2.05) is 28.7 Å². The molecule has 0 radical (unpaired) electrons. The van der Waals surface area contributed by atoms with Gasteiger partial charge in [-0.3, -0.25) is 0 Å². The van der Waals surface area contributed by atoms with Crippen molar-refractivity contribution in [2.24, 2.45) is 0 Å². The van der Waals surface area contributed by atoms with Crippen molar-refractivity contribution in [1.82, 2.24) is 14.4 Å². The predicted octanol–water partition coefficient (Wildman–Crippen LogP) is 1.12. The van der Waals surface area contributed by atoms with Crippen LogP contribution in [0.5, 0.6) is 0 Å². The normalized spacial score (nSPS) is 21.9. The lowest BCUT2D eigenvalue weighted by atomic mass is 10.2. The third-order valence-electron chi connectivity index (χ3n) is 3.42. The van der Waals surface area contributed by atoms with E-state index in [0.717, 1.165) is 5.65 Å². The molecule has 2 aromatic heterocycles. The zero-order valence-corrected chi connectivity index (χ0v) is 12.7. The maximum atomic E-state index is 11.6. The van der Waals surface area contributed by atoms with Gasteiger partial charge in [-0.25, -0.2) is 18.4 Å². The lowest BCUT2D eigenvalue weighted by Crippen LogP contribution is -2.33. The molecule has 1 aliphatic heterocycles. The minimum Gasteiger partial charge on any atom is -0.353 e. The van der Waals surface area contributed by atoms with Gasteiger partial charge in [0.25, 0.3) is 0 Å². The highest BCUT2D eigenvalue weighted by atomic mass is 79.9. The largest absolute Gasteiger partial charge is 0.353 e. The molecule has 0 spiro atoms. The van der Waals surface area contributed by atoms with Gasteiger partial charge in [0.2, 0.25) is 0 Å². The number of rotatable bonds is 2. The molecule has 6 nitrogen and oxygen atoms in total. The highest BCUT2D eigenvalue weighted by molar-refractivity contribution is 9.10. The second-order valence-electron chi connectivity index (χ2n) is 4.71. The zero-order chi connectivity index (χ0) is 13.6. The number of sulfone groups is 1. The summed E-state index contributed by atoms with van der Waals surface area (Å²) in [6.45, 7) is 0. The molecule has 0 bridgehead atoms. The van der Waals surface area contributed by atoms with Gasteiger partial charge < -0.3 is 9.30 Å². The Balaban J connectivity index is 2.02. The standard InChI is InChI=1S/C11H13BrN4O2S/c1-15(8-2-5-19(17,18)7-8)11-10-13-3-4-16(10)6-9(12)14-11/h3-4,6,8H,2,5,7H2,1H3. The van der Waals surface area contributed by atoms with Crippen LogP contribution in [0.4, 0.5) is 5.82 Å². The molecule has 2 aromatic rings. The summed E-state index contributed by atoms with van der Waals surface area (Å²) in [4.78, 5) is 10.6. The molecule has 0 aliphatic carbocycles. The summed E-state index contributed by atoms with van der Waals surface area (Å²) in [5.41, 5.74) is 0.731. The highest BCUT2D eigenvalue weighted by Gasteiger charge is 2.32. The summed E-state index contributed by atoms with van der Waals surface area (Å²) in [6.07, 6.45) is 6.00. The maximum Gasteiger partial charge on any atom is 0.180 e. The second kappa shape index (κ2) is 4.45. The number of halogens is 1. The first kappa shape index (κ1) is 12.9. The van der Waals surface area contributed by atoms with Crippen LogP contribution in [0.25, 0.3) is 5.65 Å². The van der Waals surface area contributed by atoms with E-state index in [1.165, 1.54) is 0 Å². The van der Waals surface area contributed by atoms with E-state index >= 15 is 0 Å². The van der Waals surface area contributed by atoms with E-state index in [0.29, 0.717) is 16.8 Å². The predicted molar refractivity (Wildman–Crippen MR) is 76.1 cm³/mol. The van der Waals surface area contributed by atoms with E-state index in [4.69, 9.17) is 0 Å². The molecule has 1 atom stereocenters. The van der Waals surface area contributed by atoms with Crippen LogP contribution in [0.1, 0.15) is 6.42 Å². The third-order valence-corrected chi connectivity index (χ3v) is 5.55. The van der Waals surface area contributed by atoms with Gasteiger partial charge >= 0.3 is 0 Å². The van der Waals surface area contributed by atoms with Gasteiger partial charge in [-0.05, 0) is 22.4 Å². The molecule has 1 fully saturated rings. The topological polar surface area (TPSA) is 67.6 Å². The van der Waals surface area contributed by atoms with Crippen LogP contribution in [-0.4, -0.2) is 47.4 Å². The average molecular weight is 345 g/mol. The maximum absolute atomic E-state index is 11.6. The summed E-state index contributed by atoms with van der Waals surface area (Å²) in [7, 11) is -1.04. The molecule has 3 rings (SSSR count). The Morgan fingerprint density at radius 3 is 3.00 bits per heavy atom. The number of anilines is 1. The van der Waals surface area contributed by atoms with Gasteiger partial charge in [0, 0.05) is 31.7 Å². The van der Waals surface area contributed by atoms with Gasteiger partial charge in [-0.2, -0.15) is 0 Å². The van der Waals surface area contributed by atoms with Crippen molar-refractivity contribution in [3.63, 3.8) is 0 Å². The van der Waals surface area contributed by atoms with Crippen molar-refractivity contribution in [3.8, 4) is 0 Å². The zero-order valence-electron chi connectivity index (χ0n) is 10.3. The Morgan fingerprint density at radius 2 is 2.32 bits per heavy atom. The number of imidazole rings is 1. The van der Waals surface area contributed by atoms with Crippen LogP contribution < -0.4 is 4.90 Å². The Bertz CT molecular complexity index is 727. The summed E-state index contributed by atoms with van der Waals surface area (Å²) < 4.78 is 25.7. The Morgan fingerprint density at radius 1 is 1.53 bits per heavy atom. The van der Waals surface area contributed by atoms with Crippen LogP contribution in [0.3, 0.4) is 0 Å². The van der Waals surface area contributed by atoms with Gasteiger partial charge in [0.15, 0.2) is 21.3 Å². The van der Waals surface area contributed by atoms with Gasteiger partial charge in [-0.1, -0.05) is 0 Å². The van der Waals surface area contributed by atoms with E-state index in [-0.39, 0.29) is 17.5 Å². The molecule has 0 saturated carbocycles. The van der Waals surface area contributed by atoms with Gasteiger partial charge in [0.05, 0.1) is 11.5 Å². The van der Waals surface area contributed by atoms with Crippen LogP contribution in [-0.2, 0) is 9.84 Å². The van der Waals surface area contributed by atoms with Crippen molar-refractivity contribution in [2.45, 2.75) is 12.5 Å². The molecule has 1 saturated heterocycles. The SMILES string of the molecule is CN(c1nc(Br)cn2ccnc12)C1CCS(=O)(=O)C1. The quantitative estimate of drug-likeness (QED) is 0.816.